The summed E-state index contributed by atoms with van der Waals surface area (Å²) in [6.07, 6.45) is 7.88. The number of rotatable bonds is 11. The van der Waals surface area contributed by atoms with Crippen molar-refractivity contribution in [1.29, 1.82) is 0 Å². The summed E-state index contributed by atoms with van der Waals surface area (Å²) in [7, 11) is 0. The van der Waals surface area contributed by atoms with E-state index >= 15 is 0 Å². The zero-order valence-corrected chi connectivity index (χ0v) is 16.9. The van der Waals surface area contributed by atoms with E-state index in [1.165, 1.54) is 31.7 Å². The molecule has 0 aliphatic rings. The first-order valence-corrected chi connectivity index (χ1v) is 9.89. The number of nitrogens with zero attached hydrogens (tertiary/aromatic N) is 2. The van der Waals surface area contributed by atoms with E-state index in [-0.39, 0.29) is 11.8 Å². The fourth-order valence-corrected chi connectivity index (χ4v) is 2.51. The zero-order valence-electron chi connectivity index (χ0n) is 16.9. The minimum Gasteiger partial charge on any atom is -0.423 e. The number of aryl methyl sites for hydroxylation is 2. The monoisotopic (exact) mass is 388 g/mol. The van der Waals surface area contributed by atoms with Crippen LogP contribution in [0.2, 0.25) is 0 Å². The van der Waals surface area contributed by atoms with Gasteiger partial charge in [-0.05, 0) is 18.4 Å². The molecule has 1 aromatic heterocycles. The highest BCUT2D eigenvalue weighted by Crippen LogP contribution is 2.07. The molecule has 1 aromatic carbocycles. The number of hydrogen-bond acceptors (Lipinski definition) is 5. The summed E-state index contributed by atoms with van der Waals surface area (Å²) in [5, 5.41) is 10.9. The van der Waals surface area contributed by atoms with Gasteiger partial charge in [-0.15, -0.1) is 10.2 Å². The third-order valence-corrected chi connectivity index (χ3v) is 3.92. The summed E-state index contributed by atoms with van der Waals surface area (Å²) in [4.78, 5) is 21.0. The van der Waals surface area contributed by atoms with Crippen LogP contribution in [0, 0.1) is 0 Å². The number of nitrogens with one attached hydrogen (secondary N) is 1. The van der Waals surface area contributed by atoms with Gasteiger partial charge in [-0.2, -0.15) is 0 Å². The minimum absolute atomic E-state index is 0.0514. The van der Waals surface area contributed by atoms with Crippen molar-refractivity contribution in [2.45, 2.75) is 71.8 Å². The van der Waals surface area contributed by atoms with Gasteiger partial charge in [0, 0.05) is 19.8 Å². The molecule has 28 heavy (non-hydrogen) atoms. The Morgan fingerprint density at radius 1 is 1.00 bits per heavy atom. The van der Waals surface area contributed by atoms with Crippen LogP contribution in [0.1, 0.15) is 69.7 Å². The van der Waals surface area contributed by atoms with Crippen LogP contribution in [0.3, 0.4) is 0 Å². The molecule has 154 valence electrons. The molecule has 0 saturated carbocycles. The molecule has 0 unspecified atom stereocenters. The molecule has 0 fully saturated rings. The van der Waals surface area contributed by atoms with Gasteiger partial charge in [0.1, 0.15) is 0 Å². The van der Waals surface area contributed by atoms with Gasteiger partial charge in [0.15, 0.2) is 0 Å². The number of aromatic nitrogens is 2. The molecule has 7 heteroatoms. The number of amides is 2. The van der Waals surface area contributed by atoms with Gasteiger partial charge < -0.3 is 15.5 Å². The first kappa shape index (κ1) is 23.3. The summed E-state index contributed by atoms with van der Waals surface area (Å²) >= 11 is 0. The average Bonchev–Trinajstić information content (AvgIpc) is 3.13. The van der Waals surface area contributed by atoms with Gasteiger partial charge in [-0.25, -0.2) is 0 Å². The van der Waals surface area contributed by atoms with Gasteiger partial charge in [-0.1, -0.05) is 62.9 Å². The molecule has 0 radical (unpaired) electrons. The molecule has 0 aliphatic heterocycles. The van der Waals surface area contributed by atoms with E-state index in [0.717, 1.165) is 19.3 Å². The van der Waals surface area contributed by atoms with E-state index in [1.54, 1.807) is 0 Å². The van der Waals surface area contributed by atoms with Crippen LogP contribution in [0.15, 0.2) is 34.7 Å². The fourth-order valence-electron chi connectivity index (χ4n) is 2.51. The summed E-state index contributed by atoms with van der Waals surface area (Å²) in [5.74, 6) is 0.801. The van der Waals surface area contributed by atoms with Crippen molar-refractivity contribution in [2.24, 2.45) is 5.73 Å². The Kier molecular flexibility index (Phi) is 12.0. The SMILES string of the molecule is CC(N)=O.CCCCCCCC(=O)NCc1nnc(CCc2ccccc2)o1. The van der Waals surface area contributed by atoms with Crippen LogP contribution in [-0.2, 0) is 29.0 Å². The predicted molar refractivity (Wildman–Crippen MR) is 108 cm³/mol. The van der Waals surface area contributed by atoms with Crippen molar-refractivity contribution in [3.63, 3.8) is 0 Å². The Bertz CT molecular complexity index is 682. The summed E-state index contributed by atoms with van der Waals surface area (Å²) < 4.78 is 5.58. The second kappa shape index (κ2) is 14.4. The normalized spacial score (nSPS) is 10.1. The number of benzene rings is 1. The van der Waals surface area contributed by atoms with E-state index in [2.05, 4.69) is 40.3 Å². The lowest BCUT2D eigenvalue weighted by Crippen LogP contribution is -2.22. The molecule has 0 bridgehead atoms. The van der Waals surface area contributed by atoms with Gasteiger partial charge in [0.25, 0.3) is 0 Å². The molecular formula is C21H32N4O3. The van der Waals surface area contributed by atoms with E-state index in [0.29, 0.717) is 31.2 Å². The lowest BCUT2D eigenvalue weighted by molar-refractivity contribution is -0.121. The van der Waals surface area contributed by atoms with Crippen molar-refractivity contribution >= 4 is 11.8 Å². The molecular weight excluding hydrogens is 356 g/mol. The molecule has 2 amide bonds. The average molecular weight is 389 g/mol. The van der Waals surface area contributed by atoms with E-state index in [1.807, 2.05) is 18.2 Å². The topological polar surface area (TPSA) is 111 Å². The molecule has 0 aliphatic carbocycles. The van der Waals surface area contributed by atoms with Crippen LogP contribution in [0.5, 0.6) is 0 Å². The lowest BCUT2D eigenvalue weighted by atomic mass is 10.1. The minimum atomic E-state index is -0.333. The molecule has 1 heterocycles. The van der Waals surface area contributed by atoms with Gasteiger partial charge in [-0.3, -0.25) is 9.59 Å². The summed E-state index contributed by atoms with van der Waals surface area (Å²) in [6.45, 7) is 3.80. The van der Waals surface area contributed by atoms with Crippen molar-refractivity contribution in [1.82, 2.24) is 15.5 Å². The van der Waals surface area contributed by atoms with Crippen molar-refractivity contribution in [2.75, 3.05) is 0 Å². The summed E-state index contributed by atoms with van der Waals surface area (Å²) in [6, 6.07) is 10.2. The summed E-state index contributed by atoms with van der Waals surface area (Å²) in [5.41, 5.74) is 5.72. The molecule has 0 atom stereocenters. The third kappa shape index (κ3) is 11.8. The zero-order chi connectivity index (χ0) is 20.6. The Morgan fingerprint density at radius 2 is 1.64 bits per heavy atom. The van der Waals surface area contributed by atoms with Crippen LogP contribution >= 0.6 is 0 Å². The predicted octanol–water partition coefficient (Wildman–Crippen LogP) is 3.32. The highest BCUT2D eigenvalue weighted by molar-refractivity contribution is 5.75. The highest BCUT2D eigenvalue weighted by atomic mass is 16.4. The molecule has 2 aromatic rings. The first-order valence-electron chi connectivity index (χ1n) is 9.89. The maximum Gasteiger partial charge on any atom is 0.235 e. The van der Waals surface area contributed by atoms with Crippen LogP contribution in [0.25, 0.3) is 0 Å². The maximum atomic E-state index is 11.8. The van der Waals surface area contributed by atoms with Crippen LogP contribution in [-0.4, -0.2) is 22.0 Å². The van der Waals surface area contributed by atoms with Crippen LogP contribution in [0.4, 0.5) is 0 Å². The Morgan fingerprint density at radius 3 is 2.32 bits per heavy atom. The lowest BCUT2D eigenvalue weighted by Gasteiger charge is -2.02. The molecule has 0 saturated heterocycles. The quantitative estimate of drug-likeness (QED) is 0.574. The molecule has 2 rings (SSSR count). The standard InChI is InChI=1S/C19H27N3O2.C2H5NO/c1-2-3-4-5-9-12-17(23)20-15-19-22-21-18(24-19)14-13-16-10-7-6-8-11-16;1-2(3)4/h6-8,10-11H,2-5,9,12-15H2,1H3,(H,20,23);1H3,(H2,3,4). The fraction of sp³-hybridized carbons (Fsp3) is 0.524. The van der Waals surface area contributed by atoms with E-state index in [9.17, 15) is 9.59 Å². The van der Waals surface area contributed by atoms with Crippen molar-refractivity contribution in [3.05, 3.63) is 47.7 Å². The maximum absolute atomic E-state index is 11.8. The second-order valence-corrected chi connectivity index (χ2v) is 6.63. The Hall–Kier alpha value is -2.70. The molecule has 7 nitrogen and oxygen atoms in total. The first-order chi connectivity index (χ1) is 13.5. The Balaban J connectivity index is 0.000000892. The van der Waals surface area contributed by atoms with Gasteiger partial charge in [0.2, 0.25) is 23.6 Å². The smallest absolute Gasteiger partial charge is 0.235 e. The third-order valence-electron chi connectivity index (χ3n) is 3.92. The highest BCUT2D eigenvalue weighted by Gasteiger charge is 2.08. The number of carbonyl (C=O) groups excluding carboxylic acids is 2. The van der Waals surface area contributed by atoms with Crippen molar-refractivity contribution < 1.29 is 14.0 Å². The van der Waals surface area contributed by atoms with Gasteiger partial charge >= 0.3 is 0 Å². The number of carbonyl (C=O) groups is 2. The number of nitrogens with two attached hydrogens (primary N) is 1. The molecule has 0 spiro atoms. The number of primary amides is 1. The van der Waals surface area contributed by atoms with Crippen LogP contribution < -0.4 is 11.1 Å². The van der Waals surface area contributed by atoms with Gasteiger partial charge in [0.05, 0.1) is 6.54 Å². The van der Waals surface area contributed by atoms with Crippen molar-refractivity contribution in [3.8, 4) is 0 Å². The number of hydrogen-bond donors (Lipinski definition) is 2. The Labute approximate surface area is 167 Å². The number of unbranched alkanes of at least 4 members (excludes halogenated alkanes) is 4. The second-order valence-electron chi connectivity index (χ2n) is 6.63. The van der Waals surface area contributed by atoms with E-state index < -0.39 is 0 Å². The molecule has 3 N–H and O–H groups in total. The van der Waals surface area contributed by atoms with E-state index in [4.69, 9.17) is 4.42 Å². The largest absolute Gasteiger partial charge is 0.423 e.